The fourth-order valence-electron chi connectivity index (χ4n) is 2.96. The van der Waals surface area contributed by atoms with E-state index in [1.54, 1.807) is 24.1 Å². The van der Waals surface area contributed by atoms with Gasteiger partial charge < -0.3 is 19.9 Å². The Balaban J connectivity index is 1.40. The molecular formula is C21H24FN3O3. The summed E-state index contributed by atoms with van der Waals surface area (Å²) >= 11 is 0. The van der Waals surface area contributed by atoms with Gasteiger partial charge in [-0.25, -0.2) is 9.18 Å². The lowest BCUT2D eigenvalue weighted by molar-refractivity contribution is -0.117. The monoisotopic (exact) mass is 385 g/mol. The first-order chi connectivity index (χ1) is 13.5. The third-order valence-electron chi connectivity index (χ3n) is 4.62. The topological polar surface area (TPSA) is 61.9 Å². The van der Waals surface area contributed by atoms with E-state index < -0.39 is 0 Å². The molecule has 0 spiro atoms. The lowest BCUT2D eigenvalue weighted by Crippen LogP contribution is -2.39. The van der Waals surface area contributed by atoms with Crippen molar-refractivity contribution >= 4 is 17.6 Å². The number of anilines is 1. The molecule has 1 saturated heterocycles. The number of benzene rings is 2. The van der Waals surface area contributed by atoms with Gasteiger partial charge in [0, 0.05) is 32.2 Å². The Kier molecular flexibility index (Phi) is 6.47. The molecule has 0 saturated carbocycles. The molecule has 0 radical (unpaired) electrons. The van der Waals surface area contributed by atoms with E-state index >= 15 is 0 Å². The minimum absolute atomic E-state index is 0.158. The maximum absolute atomic E-state index is 12.9. The SMILES string of the molecule is CN(CCOc1ccc(F)cc1)C(=O)NCc1ccc(N2CCCC2=O)cc1. The summed E-state index contributed by atoms with van der Waals surface area (Å²) < 4.78 is 18.3. The van der Waals surface area contributed by atoms with Crippen LogP contribution in [0.4, 0.5) is 14.9 Å². The van der Waals surface area contributed by atoms with Crippen molar-refractivity contribution in [3.8, 4) is 5.75 Å². The highest BCUT2D eigenvalue weighted by Gasteiger charge is 2.21. The van der Waals surface area contributed by atoms with Crippen LogP contribution in [0.1, 0.15) is 18.4 Å². The lowest BCUT2D eigenvalue weighted by Gasteiger charge is -2.19. The summed E-state index contributed by atoms with van der Waals surface area (Å²) in [5.74, 6) is 0.404. The van der Waals surface area contributed by atoms with Crippen LogP contribution < -0.4 is 15.0 Å². The normalized spacial score (nSPS) is 13.5. The molecule has 28 heavy (non-hydrogen) atoms. The smallest absolute Gasteiger partial charge is 0.317 e. The molecule has 1 aliphatic heterocycles. The van der Waals surface area contributed by atoms with Crippen LogP contribution in [0, 0.1) is 5.82 Å². The minimum Gasteiger partial charge on any atom is -0.492 e. The summed E-state index contributed by atoms with van der Waals surface area (Å²) in [7, 11) is 1.69. The fraction of sp³-hybridized carbons (Fsp3) is 0.333. The summed E-state index contributed by atoms with van der Waals surface area (Å²) in [4.78, 5) is 27.3. The molecule has 3 rings (SSSR count). The highest BCUT2D eigenvalue weighted by molar-refractivity contribution is 5.95. The zero-order chi connectivity index (χ0) is 19.9. The van der Waals surface area contributed by atoms with Crippen molar-refractivity contribution in [1.29, 1.82) is 0 Å². The first-order valence-corrected chi connectivity index (χ1v) is 9.29. The van der Waals surface area contributed by atoms with Gasteiger partial charge in [-0.2, -0.15) is 0 Å². The van der Waals surface area contributed by atoms with E-state index in [2.05, 4.69) is 5.32 Å². The highest BCUT2D eigenvalue weighted by Crippen LogP contribution is 2.21. The molecule has 6 nitrogen and oxygen atoms in total. The highest BCUT2D eigenvalue weighted by atomic mass is 19.1. The number of nitrogens with one attached hydrogen (secondary N) is 1. The maximum atomic E-state index is 12.9. The summed E-state index contributed by atoms with van der Waals surface area (Å²) in [6.07, 6.45) is 1.50. The summed E-state index contributed by atoms with van der Waals surface area (Å²) in [5.41, 5.74) is 1.85. The Morgan fingerprint density at radius 1 is 1.18 bits per heavy atom. The second kappa shape index (κ2) is 9.21. The van der Waals surface area contributed by atoms with Crippen LogP contribution >= 0.6 is 0 Å². The van der Waals surface area contributed by atoms with E-state index in [-0.39, 0.29) is 17.8 Å². The van der Waals surface area contributed by atoms with Crippen molar-refractivity contribution in [2.45, 2.75) is 19.4 Å². The molecule has 2 aromatic rings. The largest absolute Gasteiger partial charge is 0.492 e. The zero-order valence-electron chi connectivity index (χ0n) is 15.9. The van der Waals surface area contributed by atoms with Crippen LogP contribution in [0.25, 0.3) is 0 Å². The second-order valence-electron chi connectivity index (χ2n) is 6.70. The average Bonchev–Trinajstić information content (AvgIpc) is 3.14. The van der Waals surface area contributed by atoms with Gasteiger partial charge in [0.1, 0.15) is 18.2 Å². The van der Waals surface area contributed by atoms with Crippen molar-refractivity contribution in [3.05, 3.63) is 59.9 Å². The molecule has 0 aliphatic carbocycles. The van der Waals surface area contributed by atoms with Gasteiger partial charge in [0.05, 0.1) is 6.54 Å². The van der Waals surface area contributed by atoms with Crippen LogP contribution in [0.15, 0.2) is 48.5 Å². The number of rotatable bonds is 7. The van der Waals surface area contributed by atoms with E-state index in [1.165, 1.54) is 17.0 Å². The van der Waals surface area contributed by atoms with Crippen molar-refractivity contribution in [3.63, 3.8) is 0 Å². The predicted molar refractivity (Wildman–Crippen MR) is 105 cm³/mol. The lowest BCUT2D eigenvalue weighted by atomic mass is 10.2. The Labute approximate surface area is 163 Å². The van der Waals surface area contributed by atoms with Crippen molar-refractivity contribution in [1.82, 2.24) is 10.2 Å². The zero-order valence-corrected chi connectivity index (χ0v) is 15.9. The number of nitrogens with zero attached hydrogens (tertiary/aromatic N) is 2. The van der Waals surface area contributed by atoms with Crippen molar-refractivity contribution in [2.75, 3.05) is 31.6 Å². The summed E-state index contributed by atoms with van der Waals surface area (Å²) in [5, 5.41) is 2.85. The van der Waals surface area contributed by atoms with Gasteiger partial charge in [0.15, 0.2) is 0 Å². The summed E-state index contributed by atoms with van der Waals surface area (Å²) in [6.45, 7) is 1.88. The minimum atomic E-state index is -0.316. The quantitative estimate of drug-likeness (QED) is 0.796. The number of carbonyl (C=O) groups is 2. The number of urea groups is 1. The van der Waals surface area contributed by atoms with Crippen LogP contribution in [-0.2, 0) is 11.3 Å². The fourth-order valence-corrected chi connectivity index (χ4v) is 2.96. The van der Waals surface area contributed by atoms with Crippen LogP contribution in [0.3, 0.4) is 0 Å². The molecule has 2 aromatic carbocycles. The molecule has 1 N–H and O–H groups in total. The average molecular weight is 385 g/mol. The number of amides is 3. The first-order valence-electron chi connectivity index (χ1n) is 9.29. The Morgan fingerprint density at radius 3 is 2.54 bits per heavy atom. The van der Waals surface area contributed by atoms with Gasteiger partial charge in [-0.1, -0.05) is 12.1 Å². The molecular weight excluding hydrogens is 361 g/mol. The van der Waals surface area contributed by atoms with E-state index in [4.69, 9.17) is 4.74 Å². The Morgan fingerprint density at radius 2 is 1.89 bits per heavy atom. The molecule has 1 fully saturated rings. The van der Waals surface area contributed by atoms with Gasteiger partial charge in [0.2, 0.25) is 5.91 Å². The molecule has 1 aliphatic rings. The van der Waals surface area contributed by atoms with Crippen LogP contribution in [-0.4, -0.2) is 43.6 Å². The number of ether oxygens (including phenoxy) is 1. The van der Waals surface area contributed by atoms with Gasteiger partial charge in [-0.05, 0) is 48.4 Å². The van der Waals surface area contributed by atoms with Crippen molar-refractivity contribution in [2.24, 2.45) is 0 Å². The number of halogens is 1. The predicted octanol–water partition coefficient (Wildman–Crippen LogP) is 3.17. The van der Waals surface area contributed by atoms with E-state index in [9.17, 15) is 14.0 Å². The van der Waals surface area contributed by atoms with E-state index in [0.29, 0.717) is 31.9 Å². The molecule has 0 atom stereocenters. The standard InChI is InChI=1S/C21H24FN3O3/c1-24(13-14-28-19-10-6-17(22)7-11-19)21(27)23-15-16-4-8-18(9-5-16)25-12-2-3-20(25)26/h4-11H,2-3,12-15H2,1H3,(H,23,27). The third-order valence-corrected chi connectivity index (χ3v) is 4.62. The van der Waals surface area contributed by atoms with Gasteiger partial charge >= 0.3 is 6.03 Å². The van der Waals surface area contributed by atoms with E-state index in [0.717, 1.165) is 24.2 Å². The van der Waals surface area contributed by atoms with Crippen molar-refractivity contribution < 1.29 is 18.7 Å². The third kappa shape index (κ3) is 5.22. The van der Waals surface area contributed by atoms with Crippen LogP contribution in [0.5, 0.6) is 5.75 Å². The molecule has 7 heteroatoms. The molecule has 1 heterocycles. The number of hydrogen-bond donors (Lipinski definition) is 1. The molecule has 3 amide bonds. The molecule has 0 aromatic heterocycles. The van der Waals surface area contributed by atoms with Gasteiger partial charge in [-0.3, -0.25) is 4.79 Å². The van der Waals surface area contributed by atoms with Gasteiger partial charge in [0.25, 0.3) is 0 Å². The Hall–Kier alpha value is -3.09. The number of likely N-dealkylation sites (N-methyl/N-ethyl adjacent to an activating group) is 1. The first kappa shape index (κ1) is 19.7. The number of carbonyl (C=O) groups excluding carboxylic acids is 2. The number of hydrogen-bond acceptors (Lipinski definition) is 3. The second-order valence-corrected chi connectivity index (χ2v) is 6.70. The molecule has 148 valence electrons. The maximum Gasteiger partial charge on any atom is 0.317 e. The summed E-state index contributed by atoms with van der Waals surface area (Å²) in [6, 6.07) is 13.2. The van der Waals surface area contributed by atoms with Crippen LogP contribution in [0.2, 0.25) is 0 Å². The Bertz CT molecular complexity index is 809. The van der Waals surface area contributed by atoms with Gasteiger partial charge in [-0.15, -0.1) is 0 Å². The van der Waals surface area contributed by atoms with E-state index in [1.807, 2.05) is 24.3 Å². The molecule has 0 unspecified atom stereocenters. The molecule has 0 bridgehead atoms.